The van der Waals surface area contributed by atoms with E-state index >= 15 is 0 Å². The normalized spacial score (nSPS) is 15.8. The van der Waals surface area contributed by atoms with Gasteiger partial charge in [0.1, 0.15) is 5.00 Å². The van der Waals surface area contributed by atoms with Crippen LogP contribution < -0.4 is 5.01 Å². The SMILES string of the molecule is C1=NN(c2cccs2)CO1. The highest BCUT2D eigenvalue weighted by Gasteiger charge is 2.08. The number of anilines is 1. The quantitative estimate of drug-likeness (QED) is 0.612. The fourth-order valence-corrected chi connectivity index (χ4v) is 1.44. The van der Waals surface area contributed by atoms with E-state index in [1.165, 1.54) is 6.40 Å². The standard InChI is InChI=1S/C6H6N2OS/c1-2-6(10-3-1)8-5-9-4-7-8/h1-4H,5H2. The largest absolute Gasteiger partial charge is 0.459 e. The zero-order valence-corrected chi connectivity index (χ0v) is 6.04. The average molecular weight is 154 g/mol. The molecule has 4 heteroatoms. The van der Waals surface area contributed by atoms with Gasteiger partial charge in [0.2, 0.25) is 0 Å². The van der Waals surface area contributed by atoms with E-state index in [1.54, 1.807) is 11.3 Å². The van der Waals surface area contributed by atoms with Gasteiger partial charge in [0.05, 0.1) is 0 Å². The second kappa shape index (κ2) is 2.30. The molecule has 0 aliphatic carbocycles. The highest BCUT2D eigenvalue weighted by Crippen LogP contribution is 2.22. The zero-order valence-electron chi connectivity index (χ0n) is 5.23. The Morgan fingerprint density at radius 1 is 1.70 bits per heavy atom. The molecule has 0 spiro atoms. The van der Waals surface area contributed by atoms with Gasteiger partial charge in [-0.2, -0.15) is 0 Å². The van der Waals surface area contributed by atoms with Gasteiger partial charge in [-0.05, 0) is 17.5 Å². The highest BCUT2D eigenvalue weighted by atomic mass is 32.1. The van der Waals surface area contributed by atoms with Crippen molar-refractivity contribution in [3.8, 4) is 0 Å². The second-order valence-corrected chi connectivity index (χ2v) is 2.79. The van der Waals surface area contributed by atoms with Crippen LogP contribution in [-0.2, 0) is 4.74 Å². The molecule has 0 radical (unpaired) electrons. The van der Waals surface area contributed by atoms with E-state index in [0.717, 1.165) is 5.00 Å². The Morgan fingerprint density at radius 2 is 2.70 bits per heavy atom. The van der Waals surface area contributed by atoms with Crippen molar-refractivity contribution in [1.29, 1.82) is 0 Å². The molecule has 1 aliphatic rings. The van der Waals surface area contributed by atoms with Gasteiger partial charge in [-0.15, -0.1) is 16.4 Å². The van der Waals surface area contributed by atoms with Gasteiger partial charge in [-0.1, -0.05) is 0 Å². The first-order valence-electron chi connectivity index (χ1n) is 2.92. The lowest BCUT2D eigenvalue weighted by Gasteiger charge is -2.06. The zero-order chi connectivity index (χ0) is 6.81. The van der Waals surface area contributed by atoms with Crippen LogP contribution in [0.5, 0.6) is 0 Å². The molecule has 0 N–H and O–H groups in total. The summed E-state index contributed by atoms with van der Waals surface area (Å²) in [5.74, 6) is 0. The molecule has 0 aromatic carbocycles. The minimum absolute atomic E-state index is 0.542. The van der Waals surface area contributed by atoms with Crippen LogP contribution in [0.1, 0.15) is 0 Å². The first-order chi connectivity index (χ1) is 4.97. The van der Waals surface area contributed by atoms with Crippen LogP contribution in [0.4, 0.5) is 5.00 Å². The lowest BCUT2D eigenvalue weighted by atomic mass is 10.6. The average Bonchev–Trinajstić information content (AvgIpc) is 2.59. The predicted octanol–water partition coefficient (Wildman–Crippen LogP) is 1.49. The van der Waals surface area contributed by atoms with Crippen LogP contribution in [0.3, 0.4) is 0 Å². The monoisotopic (exact) mass is 154 g/mol. The number of nitrogens with zero attached hydrogens (tertiary/aromatic N) is 2. The predicted molar refractivity (Wildman–Crippen MR) is 41.2 cm³/mol. The molecule has 1 aromatic heterocycles. The van der Waals surface area contributed by atoms with E-state index in [1.807, 2.05) is 22.5 Å². The fourth-order valence-electron chi connectivity index (χ4n) is 0.765. The molecule has 2 heterocycles. The Balaban J connectivity index is 2.20. The summed E-state index contributed by atoms with van der Waals surface area (Å²) in [7, 11) is 0. The van der Waals surface area contributed by atoms with Crippen LogP contribution in [0.25, 0.3) is 0 Å². The maximum Gasteiger partial charge on any atom is 0.195 e. The lowest BCUT2D eigenvalue weighted by Crippen LogP contribution is -2.10. The van der Waals surface area contributed by atoms with Crippen LogP contribution in [0.2, 0.25) is 0 Å². The van der Waals surface area contributed by atoms with Gasteiger partial charge in [-0.3, -0.25) is 0 Å². The lowest BCUT2D eigenvalue weighted by molar-refractivity contribution is 0.351. The summed E-state index contributed by atoms with van der Waals surface area (Å²) < 4.78 is 4.92. The van der Waals surface area contributed by atoms with E-state index in [2.05, 4.69) is 5.10 Å². The number of thiophene rings is 1. The first kappa shape index (κ1) is 5.73. The summed E-state index contributed by atoms with van der Waals surface area (Å²) >= 11 is 1.65. The molecule has 0 saturated carbocycles. The van der Waals surface area contributed by atoms with Crippen LogP contribution in [-0.4, -0.2) is 13.1 Å². The van der Waals surface area contributed by atoms with Crippen molar-refractivity contribution in [2.45, 2.75) is 0 Å². The van der Waals surface area contributed by atoms with E-state index < -0.39 is 0 Å². The summed E-state index contributed by atoms with van der Waals surface area (Å²) in [5.41, 5.74) is 0. The highest BCUT2D eigenvalue weighted by molar-refractivity contribution is 7.14. The van der Waals surface area contributed by atoms with Crippen molar-refractivity contribution in [2.75, 3.05) is 11.7 Å². The van der Waals surface area contributed by atoms with Crippen molar-refractivity contribution in [3.05, 3.63) is 17.5 Å². The molecule has 0 unspecified atom stereocenters. The Hall–Kier alpha value is -1.03. The van der Waals surface area contributed by atoms with Gasteiger partial charge >= 0.3 is 0 Å². The minimum atomic E-state index is 0.542. The number of hydrazone groups is 1. The number of hydrogen-bond donors (Lipinski definition) is 0. The molecule has 3 nitrogen and oxygen atoms in total. The molecule has 1 aliphatic heterocycles. The van der Waals surface area contributed by atoms with Gasteiger partial charge in [0.15, 0.2) is 13.1 Å². The van der Waals surface area contributed by atoms with Crippen LogP contribution >= 0.6 is 11.3 Å². The molecule has 0 atom stereocenters. The molecular weight excluding hydrogens is 148 g/mol. The van der Waals surface area contributed by atoms with E-state index in [-0.39, 0.29) is 0 Å². The van der Waals surface area contributed by atoms with Gasteiger partial charge in [0.25, 0.3) is 0 Å². The summed E-state index contributed by atoms with van der Waals surface area (Å²) in [4.78, 5) is 0. The molecule has 2 rings (SSSR count). The van der Waals surface area contributed by atoms with Crippen molar-refractivity contribution in [1.82, 2.24) is 0 Å². The Bertz CT molecular complexity index is 232. The Kier molecular flexibility index (Phi) is 1.32. The van der Waals surface area contributed by atoms with Crippen molar-refractivity contribution in [3.63, 3.8) is 0 Å². The Morgan fingerprint density at radius 3 is 3.30 bits per heavy atom. The molecule has 0 saturated heterocycles. The van der Waals surface area contributed by atoms with Crippen LogP contribution in [0.15, 0.2) is 22.6 Å². The number of rotatable bonds is 1. The maximum atomic E-state index is 4.92. The van der Waals surface area contributed by atoms with Gasteiger partial charge in [-0.25, -0.2) is 5.01 Å². The molecule has 1 aromatic rings. The molecule has 10 heavy (non-hydrogen) atoms. The third-order valence-electron chi connectivity index (χ3n) is 1.22. The van der Waals surface area contributed by atoms with Gasteiger partial charge in [0, 0.05) is 0 Å². The third kappa shape index (κ3) is 0.863. The van der Waals surface area contributed by atoms with Crippen molar-refractivity contribution >= 4 is 22.7 Å². The number of ether oxygens (including phenoxy) is 1. The van der Waals surface area contributed by atoms with E-state index in [4.69, 9.17) is 4.74 Å². The van der Waals surface area contributed by atoms with E-state index in [9.17, 15) is 0 Å². The summed E-state index contributed by atoms with van der Waals surface area (Å²) in [6, 6.07) is 4.00. The minimum Gasteiger partial charge on any atom is -0.459 e. The third-order valence-corrected chi connectivity index (χ3v) is 2.10. The smallest absolute Gasteiger partial charge is 0.195 e. The summed E-state index contributed by atoms with van der Waals surface area (Å²) in [5, 5.41) is 8.92. The van der Waals surface area contributed by atoms with E-state index in [0.29, 0.717) is 6.73 Å². The summed E-state index contributed by atoms with van der Waals surface area (Å²) in [6.45, 7) is 0.542. The first-order valence-corrected chi connectivity index (χ1v) is 3.80. The Labute approximate surface area is 62.5 Å². The van der Waals surface area contributed by atoms with Crippen molar-refractivity contribution < 1.29 is 4.74 Å². The topological polar surface area (TPSA) is 24.8 Å². The second-order valence-electron chi connectivity index (χ2n) is 1.87. The van der Waals surface area contributed by atoms with Gasteiger partial charge < -0.3 is 4.74 Å². The fraction of sp³-hybridized carbons (Fsp3) is 0.167. The molecule has 0 bridgehead atoms. The molecule has 0 fully saturated rings. The van der Waals surface area contributed by atoms with Crippen molar-refractivity contribution in [2.24, 2.45) is 5.10 Å². The number of hydrogen-bond acceptors (Lipinski definition) is 4. The molecule has 52 valence electrons. The molecule has 0 amide bonds. The van der Waals surface area contributed by atoms with Crippen LogP contribution in [0, 0.1) is 0 Å². The molecular formula is C6H6N2OS. The maximum absolute atomic E-state index is 4.92. The summed E-state index contributed by atoms with van der Waals surface area (Å²) in [6.07, 6.45) is 1.46.